The molecule has 3 N–H and O–H groups in total. The highest BCUT2D eigenvalue weighted by Gasteiger charge is 2.75. The summed E-state index contributed by atoms with van der Waals surface area (Å²) in [6, 6.07) is 3.84. The molecule has 8 rings (SSSR count). The number of amides is 2. The molecule has 1 aromatic carbocycles. The Labute approximate surface area is 263 Å². The molecule has 6 aliphatic rings. The van der Waals surface area contributed by atoms with E-state index in [9.17, 15) is 29.0 Å². The third-order valence-electron chi connectivity index (χ3n) is 10.1. The number of nitrogens with one attached hydrogen (secondary N) is 1. The number of carbonyl (C=O) groups is 3. The minimum atomic E-state index is -1.40. The van der Waals surface area contributed by atoms with Gasteiger partial charge in [-0.3, -0.25) is 9.89 Å². The Morgan fingerprint density at radius 2 is 2.02 bits per heavy atom. The predicted octanol–water partition coefficient (Wildman–Crippen LogP) is 2.29. The summed E-state index contributed by atoms with van der Waals surface area (Å²) >= 11 is 1.40. The summed E-state index contributed by atoms with van der Waals surface area (Å²) < 4.78 is 20.3. The van der Waals surface area contributed by atoms with Crippen molar-refractivity contribution in [1.82, 2.24) is 25.0 Å². The molecule has 2 amide bonds. The van der Waals surface area contributed by atoms with Gasteiger partial charge in [0.2, 0.25) is 0 Å². The van der Waals surface area contributed by atoms with Gasteiger partial charge >= 0.3 is 18.0 Å². The van der Waals surface area contributed by atoms with Crippen LogP contribution in [-0.2, 0) is 14.3 Å². The average Bonchev–Trinajstić information content (AvgIpc) is 3.61. The summed E-state index contributed by atoms with van der Waals surface area (Å²) in [5.74, 6) is -1.64. The van der Waals surface area contributed by atoms with Crippen LogP contribution in [0.1, 0.15) is 48.4 Å². The summed E-state index contributed by atoms with van der Waals surface area (Å²) in [6.45, 7) is 6.07. The number of esters is 1. The van der Waals surface area contributed by atoms with Crippen LogP contribution < -0.4 is 5.32 Å². The van der Waals surface area contributed by atoms with Gasteiger partial charge in [0.25, 0.3) is 0 Å². The van der Waals surface area contributed by atoms with Gasteiger partial charge in [0.05, 0.1) is 18.2 Å². The molecule has 1 aromatic heterocycles. The lowest BCUT2D eigenvalue weighted by Crippen LogP contribution is -2.78. The molecule has 12 nitrogen and oxygen atoms in total. The molecule has 3 aliphatic heterocycles. The Hall–Kier alpha value is -3.88. The van der Waals surface area contributed by atoms with E-state index in [4.69, 9.17) is 9.73 Å². The number of aliphatic carboxylic acids is 1. The van der Waals surface area contributed by atoms with Gasteiger partial charge in [-0.1, -0.05) is 12.1 Å². The molecule has 238 valence electrons. The summed E-state index contributed by atoms with van der Waals surface area (Å²) in [6.07, 6.45) is 1.78. The number of carboxylic acid groups (broad SMARTS) is 1. The average molecular weight is 639 g/mol. The molecule has 14 heteroatoms. The fourth-order valence-electron chi connectivity index (χ4n) is 7.95. The Bertz CT molecular complexity index is 1610. The van der Waals surface area contributed by atoms with E-state index >= 15 is 0 Å². The molecular weight excluding hydrogens is 603 g/mol. The van der Waals surface area contributed by atoms with Crippen molar-refractivity contribution in [3.8, 4) is 0 Å². The van der Waals surface area contributed by atoms with Crippen molar-refractivity contribution in [3.63, 3.8) is 0 Å². The Kier molecular flexibility index (Phi) is 7.21. The fourth-order valence-corrected chi connectivity index (χ4v) is 8.54. The second-order valence-corrected chi connectivity index (χ2v) is 13.6. The highest BCUT2D eigenvalue weighted by Crippen LogP contribution is 2.72. The van der Waals surface area contributed by atoms with E-state index in [0.717, 1.165) is 0 Å². The number of carboxylic acids is 1. The quantitative estimate of drug-likeness (QED) is 0.352. The maximum atomic E-state index is 14.8. The summed E-state index contributed by atoms with van der Waals surface area (Å²) in [5, 5.41) is 25.3. The lowest BCUT2D eigenvalue weighted by Gasteiger charge is -2.73. The Balaban J connectivity index is 1.14. The number of hydrogen-bond acceptors (Lipinski definition) is 10. The summed E-state index contributed by atoms with van der Waals surface area (Å²) in [5.41, 5.74) is 0.871. The molecule has 3 atom stereocenters. The van der Waals surface area contributed by atoms with Crippen LogP contribution in [0, 0.1) is 18.2 Å². The van der Waals surface area contributed by atoms with Crippen molar-refractivity contribution in [3.05, 3.63) is 63.0 Å². The molecular formula is C31H35FN6O6S. The second-order valence-electron chi connectivity index (χ2n) is 12.7. The van der Waals surface area contributed by atoms with Gasteiger partial charge < -0.3 is 30.1 Å². The number of aliphatic hydroxyl groups is 1. The SMILES string of the molecule is CCOC(=O)C1=C(CN2CCN3C(=O)N(C45CC(C(O)C(=O)O)(C4)C5)C[C@@H]3C2)NC(c2nccs2)=N[C@H]1c1cccc(F)c1C. The summed E-state index contributed by atoms with van der Waals surface area (Å²) in [4.78, 5) is 53.6. The van der Waals surface area contributed by atoms with Gasteiger partial charge in [0.1, 0.15) is 11.9 Å². The topological polar surface area (TPSA) is 148 Å². The van der Waals surface area contributed by atoms with Crippen molar-refractivity contribution in [2.75, 3.05) is 39.3 Å². The number of carbonyl (C=O) groups excluding carboxylic acids is 2. The van der Waals surface area contributed by atoms with E-state index in [1.54, 1.807) is 32.2 Å². The first-order chi connectivity index (χ1) is 21.6. The van der Waals surface area contributed by atoms with Gasteiger partial charge in [-0.2, -0.15) is 0 Å². The monoisotopic (exact) mass is 638 g/mol. The zero-order chi connectivity index (χ0) is 31.7. The Morgan fingerprint density at radius 1 is 1.24 bits per heavy atom. The standard InChI is InChI=1S/C31H35FN6O6S/c1-3-44-28(42)22-21(34-25(26-33-7-10-45-26)35-23(22)19-5-4-6-20(32)17(19)2)13-36-8-9-37-18(11-36)12-38(29(37)43)31-14-30(15-31,16-31)24(39)27(40)41/h4-7,10,18,23-24,39H,3,8-9,11-16H2,1-2H3,(H,34,35)(H,40,41)/t18-,23-,24?,30?,31?/m0/s1. The minimum Gasteiger partial charge on any atom is -0.479 e. The number of aliphatic imine (C=N–C) groups is 1. The number of amidine groups is 1. The normalized spacial score (nSPS) is 29.8. The second kappa shape index (κ2) is 10.9. The molecule has 3 aliphatic carbocycles. The minimum absolute atomic E-state index is 0.0418. The van der Waals surface area contributed by atoms with Crippen molar-refractivity contribution in [2.45, 2.75) is 56.8 Å². The number of halogens is 1. The highest BCUT2D eigenvalue weighted by molar-refractivity contribution is 7.11. The first-order valence-corrected chi connectivity index (χ1v) is 16.0. The molecule has 5 fully saturated rings. The van der Waals surface area contributed by atoms with Crippen LogP contribution in [0.3, 0.4) is 0 Å². The van der Waals surface area contributed by atoms with Gasteiger partial charge in [-0.15, -0.1) is 11.3 Å². The number of ether oxygens (including phenoxy) is 1. The van der Waals surface area contributed by atoms with E-state index in [2.05, 4.69) is 15.2 Å². The molecule has 1 unspecified atom stereocenters. The number of urea groups is 1. The number of fused-ring (bicyclic) bond motifs is 1. The van der Waals surface area contributed by atoms with Gasteiger partial charge in [0.15, 0.2) is 16.9 Å². The van der Waals surface area contributed by atoms with E-state index in [1.165, 1.54) is 17.4 Å². The van der Waals surface area contributed by atoms with Crippen molar-refractivity contribution in [2.24, 2.45) is 10.4 Å². The van der Waals surface area contributed by atoms with Gasteiger partial charge in [-0.25, -0.2) is 23.8 Å². The number of nitrogens with zero attached hydrogens (tertiary/aromatic N) is 5. The molecule has 4 heterocycles. The van der Waals surface area contributed by atoms with Crippen molar-refractivity contribution >= 4 is 35.1 Å². The van der Waals surface area contributed by atoms with Crippen LogP contribution in [0.5, 0.6) is 0 Å². The lowest BCUT2D eigenvalue weighted by atomic mass is 9.37. The van der Waals surface area contributed by atoms with Gasteiger partial charge in [0, 0.05) is 61.0 Å². The molecule has 2 aromatic rings. The van der Waals surface area contributed by atoms with E-state index in [0.29, 0.717) is 85.2 Å². The smallest absolute Gasteiger partial charge is 0.338 e. The fraction of sp³-hybridized carbons (Fsp3) is 0.516. The number of benzene rings is 1. The van der Waals surface area contributed by atoms with Crippen LogP contribution in [0.15, 0.2) is 46.0 Å². The van der Waals surface area contributed by atoms with Crippen LogP contribution in [0.4, 0.5) is 9.18 Å². The van der Waals surface area contributed by atoms with E-state index < -0.39 is 29.5 Å². The molecule has 45 heavy (non-hydrogen) atoms. The predicted molar refractivity (Wildman–Crippen MR) is 161 cm³/mol. The van der Waals surface area contributed by atoms with E-state index in [-0.39, 0.29) is 30.0 Å². The van der Waals surface area contributed by atoms with E-state index in [1.807, 2.05) is 15.2 Å². The van der Waals surface area contributed by atoms with Gasteiger partial charge in [-0.05, 0) is 50.3 Å². The molecule has 2 bridgehead atoms. The largest absolute Gasteiger partial charge is 0.479 e. The van der Waals surface area contributed by atoms with Crippen LogP contribution in [-0.4, -0.2) is 111 Å². The maximum Gasteiger partial charge on any atom is 0.338 e. The Morgan fingerprint density at radius 3 is 2.71 bits per heavy atom. The number of piperazine rings is 1. The maximum absolute atomic E-state index is 14.8. The van der Waals surface area contributed by atoms with Crippen LogP contribution in [0.2, 0.25) is 0 Å². The number of aliphatic hydroxyl groups excluding tert-OH is 1. The zero-order valence-corrected chi connectivity index (χ0v) is 25.8. The van der Waals surface area contributed by atoms with Crippen molar-refractivity contribution < 1.29 is 33.7 Å². The number of aromatic nitrogens is 1. The number of thiazole rings is 1. The number of rotatable bonds is 9. The third kappa shape index (κ3) is 4.72. The number of hydrogen-bond donors (Lipinski definition) is 3. The highest BCUT2D eigenvalue weighted by atomic mass is 32.1. The third-order valence-corrected chi connectivity index (χ3v) is 10.9. The van der Waals surface area contributed by atoms with Crippen LogP contribution >= 0.6 is 11.3 Å². The molecule has 0 spiro atoms. The van der Waals surface area contributed by atoms with Crippen LogP contribution in [0.25, 0.3) is 0 Å². The first-order valence-electron chi connectivity index (χ1n) is 15.2. The zero-order valence-electron chi connectivity index (χ0n) is 25.0. The summed E-state index contributed by atoms with van der Waals surface area (Å²) in [7, 11) is 0. The first kappa shape index (κ1) is 29.8. The molecule has 3 saturated carbocycles. The molecule has 0 radical (unpaired) electrons. The molecule has 2 saturated heterocycles. The lowest BCUT2D eigenvalue weighted by molar-refractivity contribution is -0.249. The van der Waals surface area contributed by atoms with Crippen molar-refractivity contribution in [1.29, 1.82) is 0 Å².